The number of hydrogen-bond donors (Lipinski definition) is 1. The summed E-state index contributed by atoms with van der Waals surface area (Å²) in [4.78, 5) is -0.0319. The van der Waals surface area contributed by atoms with Gasteiger partial charge in [0.1, 0.15) is 10.4 Å². The fraction of sp³-hybridized carbons (Fsp3) is 0.400. The maximum absolute atomic E-state index is 12.0. The average Bonchev–Trinajstić information content (AvgIpc) is 2.38. The van der Waals surface area contributed by atoms with Crippen molar-refractivity contribution in [3.8, 4) is 5.75 Å². The molecule has 0 aliphatic carbocycles. The summed E-state index contributed by atoms with van der Waals surface area (Å²) < 4.78 is 55.1. The van der Waals surface area contributed by atoms with Crippen LogP contribution in [0.15, 0.2) is 23.1 Å². The Bertz CT molecular complexity index is 686. The zero-order chi connectivity index (χ0) is 15.6. The number of halogens is 1. The van der Waals surface area contributed by atoms with Crippen LogP contribution in [0.3, 0.4) is 0 Å². The van der Waals surface area contributed by atoms with Crippen molar-refractivity contribution in [2.45, 2.75) is 4.90 Å². The monoisotopic (exact) mass is 386 g/mol. The maximum atomic E-state index is 12.0. The van der Waals surface area contributed by atoms with Crippen LogP contribution in [0, 0.1) is 0 Å². The highest BCUT2D eigenvalue weighted by Gasteiger charge is 2.20. The van der Waals surface area contributed by atoms with Crippen LogP contribution in [0.5, 0.6) is 5.75 Å². The molecule has 0 fully saturated rings. The van der Waals surface area contributed by atoms with E-state index in [-0.39, 0.29) is 21.0 Å². The molecular weight excluding hydrogens is 372 g/mol. The predicted octanol–water partition coefficient (Wildman–Crippen LogP) is 1.04. The third kappa shape index (κ3) is 3.84. The van der Waals surface area contributed by atoms with Crippen molar-refractivity contribution < 1.29 is 21.6 Å². The van der Waals surface area contributed by atoms with Crippen molar-refractivity contribution in [2.24, 2.45) is 0 Å². The van der Waals surface area contributed by atoms with Gasteiger partial charge in [0.25, 0.3) is 0 Å². The number of anilines is 1. The van der Waals surface area contributed by atoms with Gasteiger partial charge in [-0.3, -0.25) is 4.72 Å². The lowest BCUT2D eigenvalue weighted by molar-refractivity contribution is 0.416. The smallest absolute Gasteiger partial charge is 0.242 e. The minimum absolute atomic E-state index is 0.0319. The largest absolute Gasteiger partial charge is 0.495 e. The molecule has 114 valence electrons. The van der Waals surface area contributed by atoms with Gasteiger partial charge in [0.15, 0.2) is 0 Å². The number of ether oxygens (including phenoxy) is 1. The second-order valence-electron chi connectivity index (χ2n) is 3.98. The van der Waals surface area contributed by atoms with Gasteiger partial charge >= 0.3 is 0 Å². The molecule has 1 rings (SSSR count). The summed E-state index contributed by atoms with van der Waals surface area (Å²) in [6, 6.07) is 3.96. The minimum atomic E-state index is -3.66. The summed E-state index contributed by atoms with van der Waals surface area (Å²) in [7, 11) is -3.12. The van der Waals surface area contributed by atoms with Crippen molar-refractivity contribution in [1.82, 2.24) is 4.31 Å². The van der Waals surface area contributed by atoms with Gasteiger partial charge in [0.2, 0.25) is 20.0 Å². The van der Waals surface area contributed by atoms with E-state index in [4.69, 9.17) is 4.74 Å². The Morgan fingerprint density at radius 2 is 1.85 bits per heavy atom. The van der Waals surface area contributed by atoms with Gasteiger partial charge in [0, 0.05) is 14.1 Å². The van der Waals surface area contributed by atoms with Crippen LogP contribution in [0.4, 0.5) is 5.69 Å². The van der Waals surface area contributed by atoms with E-state index < -0.39 is 20.0 Å². The van der Waals surface area contributed by atoms with Gasteiger partial charge in [-0.15, -0.1) is 0 Å². The van der Waals surface area contributed by atoms with Crippen LogP contribution in [0.2, 0.25) is 0 Å². The molecule has 1 N–H and O–H groups in total. The van der Waals surface area contributed by atoms with Crippen LogP contribution in [-0.2, 0) is 20.0 Å². The lowest BCUT2D eigenvalue weighted by atomic mass is 10.3. The van der Waals surface area contributed by atoms with Crippen molar-refractivity contribution in [2.75, 3.05) is 30.6 Å². The maximum Gasteiger partial charge on any atom is 0.242 e. The second kappa shape index (κ2) is 6.29. The molecule has 0 amide bonds. The molecule has 0 spiro atoms. The molecule has 0 unspecified atom stereocenters. The van der Waals surface area contributed by atoms with E-state index in [2.05, 4.69) is 20.7 Å². The molecule has 1 aromatic rings. The normalized spacial score (nSPS) is 12.4. The van der Waals surface area contributed by atoms with Crippen molar-refractivity contribution in [3.05, 3.63) is 18.2 Å². The molecule has 0 heterocycles. The lowest BCUT2D eigenvalue weighted by Gasteiger charge is -2.15. The van der Waals surface area contributed by atoms with Gasteiger partial charge in [-0.1, -0.05) is 15.9 Å². The molecule has 0 aliphatic rings. The standard InChI is InChI=1S/C10H15BrN2O5S2/c1-13(2)20(16,17)8-4-5-10(18-3)9(6-8)12-19(14,15)7-11/h4-6,12H,7H2,1-3H3. The van der Waals surface area contributed by atoms with E-state index in [0.29, 0.717) is 0 Å². The fourth-order valence-electron chi connectivity index (χ4n) is 1.33. The number of hydrogen-bond acceptors (Lipinski definition) is 5. The Labute approximate surface area is 127 Å². The summed E-state index contributed by atoms with van der Waals surface area (Å²) in [6.45, 7) is 0. The van der Waals surface area contributed by atoms with Gasteiger partial charge < -0.3 is 4.74 Å². The molecule has 0 saturated carbocycles. The predicted molar refractivity (Wildman–Crippen MR) is 80.2 cm³/mol. The Hall–Kier alpha value is -0.840. The molecule has 1 aromatic carbocycles. The first-order valence-electron chi connectivity index (χ1n) is 5.31. The molecule has 0 radical (unpaired) electrons. The Kier molecular flexibility index (Phi) is 5.41. The molecule has 10 heteroatoms. The summed E-state index contributed by atoms with van der Waals surface area (Å²) in [5.41, 5.74) is 0.0647. The first kappa shape index (κ1) is 17.2. The second-order valence-corrected chi connectivity index (χ2v) is 9.15. The number of nitrogens with one attached hydrogen (secondary N) is 1. The van der Waals surface area contributed by atoms with E-state index in [1.807, 2.05) is 0 Å². The Morgan fingerprint density at radius 1 is 1.25 bits per heavy atom. The molecule has 7 nitrogen and oxygen atoms in total. The zero-order valence-corrected chi connectivity index (χ0v) is 14.3. The van der Waals surface area contributed by atoms with Gasteiger partial charge in [0.05, 0.1) is 17.7 Å². The highest BCUT2D eigenvalue weighted by atomic mass is 79.9. The Balaban J connectivity index is 3.37. The number of sulfonamides is 2. The van der Waals surface area contributed by atoms with Crippen LogP contribution in [0.25, 0.3) is 0 Å². The van der Waals surface area contributed by atoms with E-state index in [1.54, 1.807) is 0 Å². The third-order valence-electron chi connectivity index (χ3n) is 2.36. The topological polar surface area (TPSA) is 92.8 Å². The molecule has 20 heavy (non-hydrogen) atoms. The van der Waals surface area contributed by atoms with E-state index in [9.17, 15) is 16.8 Å². The summed E-state index contributed by atoms with van der Waals surface area (Å²) >= 11 is 2.84. The third-order valence-corrected chi connectivity index (χ3v) is 6.80. The summed E-state index contributed by atoms with van der Waals surface area (Å²) in [5, 5.41) is 0. The van der Waals surface area contributed by atoms with Crippen molar-refractivity contribution in [1.29, 1.82) is 0 Å². The SMILES string of the molecule is COc1ccc(S(=O)(=O)N(C)C)cc1NS(=O)(=O)CBr. The van der Waals surface area contributed by atoms with E-state index in [0.717, 1.165) is 4.31 Å². The quantitative estimate of drug-likeness (QED) is 0.737. The first-order valence-corrected chi connectivity index (χ1v) is 9.52. The minimum Gasteiger partial charge on any atom is -0.495 e. The van der Waals surface area contributed by atoms with E-state index >= 15 is 0 Å². The fourth-order valence-corrected chi connectivity index (χ4v) is 3.15. The molecular formula is C10H15BrN2O5S2. The zero-order valence-electron chi connectivity index (χ0n) is 11.1. The molecule has 0 saturated heterocycles. The van der Waals surface area contributed by atoms with E-state index in [1.165, 1.54) is 39.4 Å². The molecule has 0 aromatic heterocycles. The van der Waals surface area contributed by atoms with Gasteiger partial charge in [-0.05, 0) is 18.2 Å². The summed E-state index contributed by atoms with van der Waals surface area (Å²) in [5.74, 6) is 0.229. The van der Waals surface area contributed by atoms with Crippen molar-refractivity contribution >= 4 is 41.7 Å². The lowest BCUT2D eigenvalue weighted by Crippen LogP contribution is -2.22. The molecule has 0 aliphatic heterocycles. The average molecular weight is 387 g/mol. The van der Waals surface area contributed by atoms with Crippen LogP contribution in [-0.4, -0.2) is 47.0 Å². The number of benzene rings is 1. The molecule has 0 bridgehead atoms. The highest BCUT2D eigenvalue weighted by Crippen LogP contribution is 2.29. The molecule has 0 atom stereocenters. The highest BCUT2D eigenvalue weighted by molar-refractivity contribution is 9.10. The number of alkyl halides is 1. The first-order chi connectivity index (χ1) is 9.14. The van der Waals surface area contributed by atoms with Gasteiger partial charge in [-0.25, -0.2) is 21.1 Å². The number of rotatable bonds is 6. The van der Waals surface area contributed by atoms with Gasteiger partial charge in [-0.2, -0.15) is 0 Å². The van der Waals surface area contributed by atoms with Crippen LogP contribution in [0.1, 0.15) is 0 Å². The number of nitrogens with zero attached hydrogens (tertiary/aromatic N) is 1. The van der Waals surface area contributed by atoms with Crippen molar-refractivity contribution in [3.63, 3.8) is 0 Å². The number of methoxy groups -OCH3 is 1. The van der Waals surface area contributed by atoms with Crippen LogP contribution >= 0.6 is 15.9 Å². The Morgan fingerprint density at radius 3 is 2.30 bits per heavy atom. The summed E-state index contributed by atoms with van der Waals surface area (Å²) in [6.07, 6.45) is 0. The van der Waals surface area contributed by atoms with Crippen LogP contribution < -0.4 is 9.46 Å².